The van der Waals surface area contributed by atoms with Crippen molar-refractivity contribution >= 4 is 11.8 Å². The first kappa shape index (κ1) is 18.5. The number of aliphatic imine (C=N–C) groups is 1. The zero-order valence-corrected chi connectivity index (χ0v) is 17.0. The molecule has 1 aromatic heterocycles. The van der Waals surface area contributed by atoms with E-state index in [1.165, 1.54) is 37.8 Å². The molecule has 27 heavy (non-hydrogen) atoms. The molecule has 1 aliphatic carbocycles. The Morgan fingerprint density at radius 2 is 1.96 bits per heavy atom. The SMILES string of the molecule is CCNC(=NCc1ccc(N2CCN(C)CC2)nc1)N1CCC2(CCC2)C1. The molecule has 6 heteroatoms. The number of piperazine rings is 1. The van der Waals surface area contributed by atoms with Crippen molar-refractivity contribution in [3.63, 3.8) is 0 Å². The van der Waals surface area contributed by atoms with E-state index in [4.69, 9.17) is 9.98 Å². The van der Waals surface area contributed by atoms with E-state index in [-0.39, 0.29) is 0 Å². The molecule has 1 N–H and O–H groups in total. The molecule has 3 heterocycles. The van der Waals surface area contributed by atoms with Crippen molar-refractivity contribution in [2.45, 2.75) is 39.2 Å². The molecule has 148 valence electrons. The lowest BCUT2D eigenvalue weighted by molar-refractivity contribution is 0.151. The van der Waals surface area contributed by atoms with Crippen molar-refractivity contribution in [3.05, 3.63) is 23.9 Å². The second kappa shape index (κ2) is 8.05. The monoisotopic (exact) mass is 370 g/mol. The lowest BCUT2D eigenvalue weighted by Gasteiger charge is -2.38. The topological polar surface area (TPSA) is 47.0 Å². The number of hydrogen-bond acceptors (Lipinski definition) is 4. The molecule has 4 rings (SSSR count). The van der Waals surface area contributed by atoms with Crippen LogP contribution in [0, 0.1) is 5.41 Å². The fourth-order valence-electron chi connectivity index (χ4n) is 4.53. The first-order valence-electron chi connectivity index (χ1n) is 10.6. The van der Waals surface area contributed by atoms with Gasteiger partial charge < -0.3 is 20.0 Å². The number of likely N-dealkylation sites (tertiary alicyclic amines) is 1. The van der Waals surface area contributed by atoms with Gasteiger partial charge in [0.2, 0.25) is 0 Å². The van der Waals surface area contributed by atoms with Crippen molar-refractivity contribution in [2.75, 3.05) is 57.8 Å². The first-order chi connectivity index (χ1) is 13.2. The van der Waals surface area contributed by atoms with Crippen LogP contribution in [-0.2, 0) is 6.54 Å². The van der Waals surface area contributed by atoms with Gasteiger partial charge >= 0.3 is 0 Å². The average Bonchev–Trinajstić information content (AvgIpc) is 3.12. The Labute approximate surface area is 163 Å². The molecular weight excluding hydrogens is 336 g/mol. The lowest BCUT2D eigenvalue weighted by Crippen LogP contribution is -2.44. The van der Waals surface area contributed by atoms with Gasteiger partial charge in [-0.25, -0.2) is 9.98 Å². The molecule has 2 aliphatic heterocycles. The maximum absolute atomic E-state index is 4.91. The van der Waals surface area contributed by atoms with Crippen LogP contribution in [0.15, 0.2) is 23.3 Å². The van der Waals surface area contributed by atoms with Gasteiger partial charge in [-0.1, -0.05) is 12.5 Å². The summed E-state index contributed by atoms with van der Waals surface area (Å²) in [6, 6.07) is 4.34. The molecule has 2 saturated heterocycles. The third kappa shape index (κ3) is 4.21. The molecule has 0 amide bonds. The highest BCUT2D eigenvalue weighted by molar-refractivity contribution is 5.80. The van der Waals surface area contributed by atoms with E-state index >= 15 is 0 Å². The molecule has 1 saturated carbocycles. The number of anilines is 1. The molecule has 6 nitrogen and oxygen atoms in total. The maximum atomic E-state index is 4.91. The smallest absolute Gasteiger partial charge is 0.194 e. The standard InChI is InChI=1S/C21H34N6/c1-3-22-20(27-10-9-21(17-27)7-4-8-21)24-16-18-5-6-19(23-15-18)26-13-11-25(2)12-14-26/h5-6,15H,3-4,7-14,16-17H2,1-2H3,(H,22,24). The molecule has 3 fully saturated rings. The zero-order chi connectivity index (χ0) is 18.7. The number of nitrogens with zero attached hydrogens (tertiary/aromatic N) is 5. The van der Waals surface area contributed by atoms with Crippen LogP contribution in [0.3, 0.4) is 0 Å². The van der Waals surface area contributed by atoms with Crippen LogP contribution in [0.5, 0.6) is 0 Å². The van der Waals surface area contributed by atoms with E-state index < -0.39 is 0 Å². The fraction of sp³-hybridized carbons (Fsp3) is 0.714. The van der Waals surface area contributed by atoms with Crippen molar-refractivity contribution in [1.82, 2.24) is 20.1 Å². The van der Waals surface area contributed by atoms with E-state index in [9.17, 15) is 0 Å². The van der Waals surface area contributed by atoms with E-state index in [1.807, 2.05) is 6.20 Å². The lowest BCUT2D eigenvalue weighted by atomic mass is 9.68. The van der Waals surface area contributed by atoms with E-state index in [1.54, 1.807) is 0 Å². The quantitative estimate of drug-likeness (QED) is 0.650. The van der Waals surface area contributed by atoms with Gasteiger partial charge in [-0.3, -0.25) is 0 Å². The Balaban J connectivity index is 1.36. The van der Waals surface area contributed by atoms with Crippen LogP contribution in [0.1, 0.15) is 38.2 Å². The van der Waals surface area contributed by atoms with Crippen LogP contribution >= 0.6 is 0 Å². The fourth-order valence-corrected chi connectivity index (χ4v) is 4.53. The minimum Gasteiger partial charge on any atom is -0.357 e. The molecule has 0 bridgehead atoms. The summed E-state index contributed by atoms with van der Waals surface area (Å²) in [5, 5.41) is 3.49. The second-order valence-corrected chi connectivity index (χ2v) is 8.51. The Morgan fingerprint density at radius 1 is 1.15 bits per heavy atom. The predicted octanol–water partition coefficient (Wildman–Crippen LogP) is 2.17. The van der Waals surface area contributed by atoms with Gasteiger partial charge in [0.05, 0.1) is 6.54 Å². The normalized spacial score (nSPS) is 23.0. The van der Waals surface area contributed by atoms with Gasteiger partial charge in [0.15, 0.2) is 5.96 Å². The number of guanidine groups is 1. The Morgan fingerprint density at radius 3 is 2.56 bits per heavy atom. The highest BCUT2D eigenvalue weighted by Gasteiger charge is 2.43. The maximum Gasteiger partial charge on any atom is 0.194 e. The number of nitrogens with one attached hydrogen (secondary N) is 1. The molecule has 1 spiro atoms. The highest BCUT2D eigenvalue weighted by Crippen LogP contribution is 2.47. The predicted molar refractivity (Wildman–Crippen MR) is 111 cm³/mol. The van der Waals surface area contributed by atoms with Gasteiger partial charge in [0.25, 0.3) is 0 Å². The Hall–Kier alpha value is -1.82. The van der Waals surface area contributed by atoms with Gasteiger partial charge in [0, 0.05) is 52.0 Å². The molecule has 0 unspecified atom stereocenters. The Bertz CT molecular complexity index is 643. The number of pyridine rings is 1. The van der Waals surface area contributed by atoms with Crippen molar-refractivity contribution in [2.24, 2.45) is 10.4 Å². The van der Waals surface area contributed by atoms with Crippen LogP contribution < -0.4 is 10.2 Å². The second-order valence-electron chi connectivity index (χ2n) is 8.51. The Kier molecular flexibility index (Phi) is 5.53. The number of likely N-dealkylation sites (N-methyl/N-ethyl adjacent to an activating group) is 1. The largest absolute Gasteiger partial charge is 0.357 e. The van der Waals surface area contributed by atoms with Crippen LogP contribution in [-0.4, -0.2) is 73.6 Å². The summed E-state index contributed by atoms with van der Waals surface area (Å²) < 4.78 is 0. The van der Waals surface area contributed by atoms with Crippen molar-refractivity contribution in [1.29, 1.82) is 0 Å². The molecule has 0 aromatic carbocycles. The van der Waals surface area contributed by atoms with Crippen molar-refractivity contribution in [3.8, 4) is 0 Å². The third-order valence-corrected chi connectivity index (χ3v) is 6.53. The summed E-state index contributed by atoms with van der Waals surface area (Å²) in [6.45, 7) is 10.4. The van der Waals surface area contributed by atoms with Crippen LogP contribution in [0.4, 0.5) is 5.82 Å². The molecule has 0 atom stereocenters. The highest BCUT2D eigenvalue weighted by atomic mass is 15.3. The van der Waals surface area contributed by atoms with E-state index in [0.29, 0.717) is 12.0 Å². The molecular formula is C21H34N6. The van der Waals surface area contributed by atoms with E-state index in [0.717, 1.165) is 51.0 Å². The summed E-state index contributed by atoms with van der Waals surface area (Å²) >= 11 is 0. The summed E-state index contributed by atoms with van der Waals surface area (Å²) in [7, 11) is 2.18. The van der Waals surface area contributed by atoms with E-state index in [2.05, 4.69) is 46.1 Å². The summed E-state index contributed by atoms with van der Waals surface area (Å²) in [5.74, 6) is 2.17. The average molecular weight is 371 g/mol. The van der Waals surface area contributed by atoms with Crippen molar-refractivity contribution < 1.29 is 0 Å². The van der Waals surface area contributed by atoms with Gasteiger partial charge in [0.1, 0.15) is 5.82 Å². The summed E-state index contributed by atoms with van der Waals surface area (Å²) in [5.41, 5.74) is 1.78. The molecule has 3 aliphatic rings. The van der Waals surface area contributed by atoms with Crippen LogP contribution in [0.25, 0.3) is 0 Å². The molecule has 1 aromatic rings. The number of aromatic nitrogens is 1. The summed E-state index contributed by atoms with van der Waals surface area (Å²) in [6.07, 6.45) is 7.55. The van der Waals surface area contributed by atoms with Gasteiger partial charge in [-0.15, -0.1) is 0 Å². The van der Waals surface area contributed by atoms with Gasteiger partial charge in [-0.05, 0) is 50.3 Å². The number of hydrogen-bond donors (Lipinski definition) is 1. The molecule has 0 radical (unpaired) electrons. The van der Waals surface area contributed by atoms with Crippen LogP contribution in [0.2, 0.25) is 0 Å². The minimum absolute atomic E-state index is 0.599. The third-order valence-electron chi connectivity index (χ3n) is 6.53. The minimum atomic E-state index is 0.599. The number of rotatable bonds is 4. The zero-order valence-electron chi connectivity index (χ0n) is 17.0. The first-order valence-corrected chi connectivity index (χ1v) is 10.6. The van der Waals surface area contributed by atoms with Gasteiger partial charge in [-0.2, -0.15) is 0 Å². The summed E-state index contributed by atoms with van der Waals surface area (Å²) in [4.78, 5) is 16.8.